The lowest BCUT2D eigenvalue weighted by molar-refractivity contribution is -0.131. The SMILES string of the molecule is CCCC(=O)N1CCN(c2cc(-n3cncn3)ncn2)CC1. The molecule has 1 amide bonds. The average molecular weight is 301 g/mol. The van der Waals surface area contributed by atoms with Crippen molar-refractivity contribution in [3.8, 4) is 5.82 Å². The molecular formula is C14H19N7O. The van der Waals surface area contributed by atoms with E-state index in [-0.39, 0.29) is 5.91 Å². The number of hydrogen-bond acceptors (Lipinski definition) is 6. The van der Waals surface area contributed by atoms with E-state index < -0.39 is 0 Å². The third kappa shape index (κ3) is 3.05. The van der Waals surface area contributed by atoms with E-state index in [1.165, 1.54) is 12.7 Å². The van der Waals surface area contributed by atoms with Crippen LogP contribution in [0.15, 0.2) is 25.0 Å². The lowest BCUT2D eigenvalue weighted by Gasteiger charge is -2.35. The van der Waals surface area contributed by atoms with Crippen molar-refractivity contribution in [2.45, 2.75) is 19.8 Å². The molecule has 8 heteroatoms. The Hall–Kier alpha value is -2.51. The van der Waals surface area contributed by atoms with E-state index in [1.807, 2.05) is 17.9 Å². The van der Waals surface area contributed by atoms with Gasteiger partial charge in [0.15, 0.2) is 5.82 Å². The monoisotopic (exact) mass is 301 g/mol. The van der Waals surface area contributed by atoms with Gasteiger partial charge in [0.05, 0.1) is 0 Å². The fourth-order valence-electron chi connectivity index (χ4n) is 2.52. The normalized spacial score (nSPS) is 15.1. The van der Waals surface area contributed by atoms with Gasteiger partial charge in [-0.2, -0.15) is 5.10 Å². The van der Waals surface area contributed by atoms with Crippen molar-refractivity contribution >= 4 is 11.7 Å². The Bertz CT molecular complexity index is 620. The summed E-state index contributed by atoms with van der Waals surface area (Å²) in [5.41, 5.74) is 0. The van der Waals surface area contributed by atoms with E-state index in [1.54, 1.807) is 11.0 Å². The summed E-state index contributed by atoms with van der Waals surface area (Å²) < 4.78 is 1.60. The van der Waals surface area contributed by atoms with Gasteiger partial charge in [0, 0.05) is 38.7 Å². The Labute approximate surface area is 128 Å². The molecule has 0 saturated carbocycles. The Morgan fingerprint density at radius 3 is 2.59 bits per heavy atom. The van der Waals surface area contributed by atoms with Crippen molar-refractivity contribution in [3.05, 3.63) is 25.0 Å². The van der Waals surface area contributed by atoms with Gasteiger partial charge in [0.2, 0.25) is 5.91 Å². The van der Waals surface area contributed by atoms with Crippen molar-refractivity contribution < 1.29 is 4.79 Å². The van der Waals surface area contributed by atoms with Crippen LogP contribution >= 0.6 is 0 Å². The van der Waals surface area contributed by atoms with Gasteiger partial charge < -0.3 is 9.80 Å². The highest BCUT2D eigenvalue weighted by Crippen LogP contribution is 2.15. The highest BCUT2D eigenvalue weighted by atomic mass is 16.2. The maximum absolute atomic E-state index is 11.9. The van der Waals surface area contributed by atoms with Crippen LogP contribution in [0.2, 0.25) is 0 Å². The molecule has 8 nitrogen and oxygen atoms in total. The van der Waals surface area contributed by atoms with Gasteiger partial charge >= 0.3 is 0 Å². The Morgan fingerprint density at radius 1 is 1.14 bits per heavy atom. The summed E-state index contributed by atoms with van der Waals surface area (Å²) >= 11 is 0. The molecule has 2 aromatic heterocycles. The molecule has 0 unspecified atom stereocenters. The Kier molecular flexibility index (Phi) is 4.27. The maximum Gasteiger partial charge on any atom is 0.222 e. The smallest absolute Gasteiger partial charge is 0.222 e. The molecule has 0 spiro atoms. The summed E-state index contributed by atoms with van der Waals surface area (Å²) in [6.07, 6.45) is 6.13. The zero-order chi connectivity index (χ0) is 15.4. The number of nitrogens with zero attached hydrogens (tertiary/aromatic N) is 7. The number of amides is 1. The largest absolute Gasteiger partial charge is 0.353 e. The fourth-order valence-corrected chi connectivity index (χ4v) is 2.52. The fraction of sp³-hybridized carbons (Fsp3) is 0.500. The van der Waals surface area contributed by atoms with E-state index in [4.69, 9.17) is 0 Å². The van der Waals surface area contributed by atoms with Crippen LogP contribution in [0.25, 0.3) is 5.82 Å². The zero-order valence-electron chi connectivity index (χ0n) is 12.6. The lowest BCUT2D eigenvalue weighted by atomic mass is 10.2. The second-order valence-electron chi connectivity index (χ2n) is 5.19. The molecule has 0 aliphatic carbocycles. The summed E-state index contributed by atoms with van der Waals surface area (Å²) in [7, 11) is 0. The summed E-state index contributed by atoms with van der Waals surface area (Å²) in [5.74, 6) is 1.78. The van der Waals surface area contributed by atoms with Gasteiger partial charge in [-0.1, -0.05) is 6.92 Å². The molecule has 0 atom stereocenters. The summed E-state index contributed by atoms with van der Waals surface area (Å²) in [4.78, 5) is 28.5. The Balaban J connectivity index is 1.66. The first-order valence-electron chi connectivity index (χ1n) is 7.47. The minimum Gasteiger partial charge on any atom is -0.353 e. The van der Waals surface area contributed by atoms with Crippen LogP contribution in [-0.2, 0) is 4.79 Å². The quantitative estimate of drug-likeness (QED) is 0.818. The maximum atomic E-state index is 11.9. The number of carbonyl (C=O) groups excluding carboxylic acids is 1. The number of anilines is 1. The molecule has 1 aliphatic heterocycles. The molecule has 2 aromatic rings. The Morgan fingerprint density at radius 2 is 1.91 bits per heavy atom. The molecule has 1 aliphatic rings. The summed E-state index contributed by atoms with van der Waals surface area (Å²) in [6.45, 7) is 5.07. The first kappa shape index (κ1) is 14.4. The highest BCUT2D eigenvalue weighted by Gasteiger charge is 2.21. The first-order chi connectivity index (χ1) is 10.8. The topological polar surface area (TPSA) is 80.0 Å². The van der Waals surface area contributed by atoms with Crippen LogP contribution in [0.3, 0.4) is 0 Å². The molecule has 1 fully saturated rings. The molecule has 22 heavy (non-hydrogen) atoms. The average Bonchev–Trinajstić information content (AvgIpc) is 3.10. The van der Waals surface area contributed by atoms with E-state index in [9.17, 15) is 4.79 Å². The molecule has 0 bridgehead atoms. The van der Waals surface area contributed by atoms with Gasteiger partial charge in [-0.15, -0.1) is 0 Å². The van der Waals surface area contributed by atoms with Crippen molar-refractivity contribution in [2.75, 3.05) is 31.1 Å². The van der Waals surface area contributed by atoms with Crippen LogP contribution < -0.4 is 4.90 Å². The molecule has 1 saturated heterocycles. The summed E-state index contributed by atoms with van der Waals surface area (Å²) in [6, 6.07) is 1.89. The van der Waals surface area contributed by atoms with Crippen LogP contribution in [0, 0.1) is 0 Å². The van der Waals surface area contributed by atoms with E-state index in [2.05, 4.69) is 25.0 Å². The highest BCUT2D eigenvalue weighted by molar-refractivity contribution is 5.76. The van der Waals surface area contributed by atoms with E-state index in [0.717, 1.165) is 38.4 Å². The van der Waals surface area contributed by atoms with E-state index >= 15 is 0 Å². The van der Waals surface area contributed by atoms with Crippen molar-refractivity contribution in [3.63, 3.8) is 0 Å². The molecule has 0 N–H and O–H groups in total. The number of hydrogen-bond donors (Lipinski definition) is 0. The number of aromatic nitrogens is 5. The second kappa shape index (κ2) is 6.50. The van der Waals surface area contributed by atoms with Crippen molar-refractivity contribution in [2.24, 2.45) is 0 Å². The van der Waals surface area contributed by atoms with Crippen LogP contribution in [0.5, 0.6) is 0 Å². The minimum atomic E-state index is 0.244. The van der Waals surface area contributed by atoms with Gasteiger partial charge in [0.25, 0.3) is 0 Å². The molecular weight excluding hydrogens is 282 g/mol. The van der Waals surface area contributed by atoms with Gasteiger partial charge in [0.1, 0.15) is 24.8 Å². The van der Waals surface area contributed by atoms with Crippen molar-refractivity contribution in [1.82, 2.24) is 29.6 Å². The van der Waals surface area contributed by atoms with E-state index in [0.29, 0.717) is 12.2 Å². The first-order valence-corrected chi connectivity index (χ1v) is 7.47. The van der Waals surface area contributed by atoms with Crippen molar-refractivity contribution in [1.29, 1.82) is 0 Å². The molecule has 116 valence electrons. The molecule has 0 radical (unpaired) electrons. The molecule has 3 heterocycles. The predicted octanol–water partition coefficient (Wildman–Crippen LogP) is 0.506. The standard InChI is InChI=1S/C14H19N7O/c1-2-3-14(22)20-6-4-19(5-7-20)12-8-13(17-10-16-12)21-11-15-9-18-21/h8-11H,2-7H2,1H3. The second-order valence-corrected chi connectivity index (χ2v) is 5.19. The van der Waals surface area contributed by atoms with Crippen LogP contribution in [0.1, 0.15) is 19.8 Å². The predicted molar refractivity (Wildman–Crippen MR) is 80.7 cm³/mol. The van der Waals surface area contributed by atoms with Gasteiger partial charge in [-0.3, -0.25) is 4.79 Å². The van der Waals surface area contributed by atoms with Crippen LogP contribution in [0.4, 0.5) is 5.82 Å². The van der Waals surface area contributed by atoms with Gasteiger partial charge in [-0.25, -0.2) is 19.6 Å². The number of carbonyl (C=O) groups is 1. The van der Waals surface area contributed by atoms with Crippen LogP contribution in [-0.4, -0.2) is 61.7 Å². The third-order valence-electron chi connectivity index (χ3n) is 3.71. The molecule has 3 rings (SSSR count). The zero-order valence-corrected chi connectivity index (χ0v) is 12.6. The summed E-state index contributed by atoms with van der Waals surface area (Å²) in [5, 5.41) is 4.07. The lowest BCUT2D eigenvalue weighted by Crippen LogP contribution is -2.49. The molecule has 0 aromatic carbocycles. The van der Waals surface area contributed by atoms with Gasteiger partial charge in [-0.05, 0) is 6.42 Å². The third-order valence-corrected chi connectivity index (χ3v) is 3.71. The minimum absolute atomic E-state index is 0.244. The number of piperazine rings is 1. The number of rotatable bonds is 4.